The predicted octanol–water partition coefficient (Wildman–Crippen LogP) is 1.39. The average Bonchev–Trinajstić information content (AvgIpc) is 2.91. The van der Waals surface area contributed by atoms with Crippen LogP contribution >= 0.6 is 0 Å². The van der Waals surface area contributed by atoms with Crippen molar-refractivity contribution in [2.75, 3.05) is 20.1 Å². The summed E-state index contributed by atoms with van der Waals surface area (Å²) in [6.07, 6.45) is 1.67. The molecular weight excluding hydrogens is 362 g/mol. The molecule has 1 fully saturated rings. The topological polar surface area (TPSA) is 79.5 Å². The van der Waals surface area contributed by atoms with Crippen molar-refractivity contribution in [2.24, 2.45) is 0 Å². The Hall–Kier alpha value is -1.88. The quantitative estimate of drug-likeness (QED) is 0.668. The zero-order valence-electron chi connectivity index (χ0n) is 16.3. The summed E-state index contributed by atoms with van der Waals surface area (Å²) in [7, 11) is 0.320. The van der Waals surface area contributed by atoms with E-state index < -0.39 is 16.6 Å². The lowest BCUT2D eigenvalue weighted by atomic mass is 9.83. The minimum atomic E-state index is -1.23. The number of amides is 1. The van der Waals surface area contributed by atoms with Gasteiger partial charge in [-0.3, -0.25) is 4.79 Å². The second-order valence-electron chi connectivity index (χ2n) is 7.93. The molecular formula is C20H27N3O3S. The molecule has 0 aromatic heterocycles. The molecule has 0 radical (unpaired) electrons. The zero-order valence-corrected chi connectivity index (χ0v) is 17.1. The summed E-state index contributed by atoms with van der Waals surface area (Å²) in [4.78, 5) is 11.4. The third kappa shape index (κ3) is 4.18. The molecule has 0 bridgehead atoms. The Balaban J connectivity index is 1.97. The van der Waals surface area contributed by atoms with Gasteiger partial charge in [0.1, 0.15) is 11.4 Å². The van der Waals surface area contributed by atoms with Crippen molar-refractivity contribution in [3.63, 3.8) is 0 Å². The Morgan fingerprint density at radius 2 is 2.04 bits per heavy atom. The minimum Gasteiger partial charge on any atom is -0.485 e. The largest absolute Gasteiger partial charge is 0.485 e. The molecule has 2 aliphatic heterocycles. The fraction of sp³-hybridized carbons (Fsp3) is 0.550. The number of fused-ring (bicyclic) bond motifs is 1. The lowest BCUT2D eigenvalue weighted by molar-refractivity contribution is -0.115. The highest BCUT2D eigenvalue weighted by atomic mass is 32.2. The van der Waals surface area contributed by atoms with Crippen LogP contribution in [0.2, 0.25) is 0 Å². The van der Waals surface area contributed by atoms with E-state index in [1.807, 2.05) is 39.0 Å². The van der Waals surface area contributed by atoms with E-state index in [9.17, 15) is 9.00 Å². The fourth-order valence-corrected chi connectivity index (χ4v) is 4.30. The van der Waals surface area contributed by atoms with E-state index in [1.54, 1.807) is 7.05 Å². The monoisotopic (exact) mass is 389 g/mol. The number of hydrogen-bond donors (Lipinski definition) is 3. The smallest absolute Gasteiger partial charge is 0.295 e. The van der Waals surface area contributed by atoms with E-state index in [0.717, 1.165) is 42.8 Å². The lowest BCUT2D eigenvalue weighted by Crippen LogP contribution is -2.53. The van der Waals surface area contributed by atoms with Gasteiger partial charge < -0.3 is 15.4 Å². The zero-order chi connectivity index (χ0) is 19.7. The van der Waals surface area contributed by atoms with Crippen molar-refractivity contribution in [3.8, 4) is 17.6 Å². The first-order chi connectivity index (χ1) is 12.7. The molecule has 0 unspecified atom stereocenters. The molecule has 0 saturated carbocycles. The molecule has 1 aromatic carbocycles. The van der Waals surface area contributed by atoms with Crippen molar-refractivity contribution >= 4 is 16.9 Å². The summed E-state index contributed by atoms with van der Waals surface area (Å²) >= 11 is 0. The number of nitrogens with one attached hydrogen (secondary N) is 3. The molecule has 1 saturated heterocycles. The van der Waals surface area contributed by atoms with Gasteiger partial charge in [-0.1, -0.05) is 5.92 Å². The van der Waals surface area contributed by atoms with Crippen molar-refractivity contribution < 1.29 is 13.7 Å². The molecule has 1 amide bonds. The molecule has 3 rings (SSSR count). The average molecular weight is 390 g/mol. The highest BCUT2D eigenvalue weighted by Crippen LogP contribution is 2.48. The molecule has 2 atom stereocenters. The maximum atomic E-state index is 12.8. The Labute approximate surface area is 163 Å². The van der Waals surface area contributed by atoms with E-state index in [-0.39, 0.29) is 16.7 Å². The van der Waals surface area contributed by atoms with Crippen LogP contribution in [0.4, 0.5) is 0 Å². The van der Waals surface area contributed by atoms with Gasteiger partial charge in [0, 0.05) is 36.9 Å². The lowest BCUT2D eigenvalue weighted by Gasteiger charge is -2.39. The first kappa shape index (κ1) is 19.9. The highest BCUT2D eigenvalue weighted by Gasteiger charge is 2.50. The van der Waals surface area contributed by atoms with E-state index >= 15 is 0 Å². The van der Waals surface area contributed by atoms with Crippen LogP contribution in [0.3, 0.4) is 0 Å². The highest BCUT2D eigenvalue weighted by molar-refractivity contribution is 7.84. The number of rotatable bonds is 2. The van der Waals surface area contributed by atoms with Crippen LogP contribution in [0.5, 0.6) is 5.75 Å². The maximum Gasteiger partial charge on any atom is 0.295 e. The molecule has 0 aliphatic carbocycles. The van der Waals surface area contributed by atoms with Gasteiger partial charge in [0.05, 0.1) is 21.8 Å². The maximum absolute atomic E-state index is 12.8. The SMILES string of the molecule is CNC(=O)C#Cc1ccc2c(c1)[C@@H](N[S@](=O)C(C)(C)C)C1(CCNCC1)O2. The first-order valence-corrected chi connectivity index (χ1v) is 10.4. The van der Waals surface area contributed by atoms with Gasteiger partial charge in [-0.05, 0) is 52.1 Å². The van der Waals surface area contributed by atoms with Crippen LogP contribution in [0.25, 0.3) is 0 Å². The summed E-state index contributed by atoms with van der Waals surface area (Å²) in [5.41, 5.74) is 1.28. The Bertz CT molecular complexity index is 814. The van der Waals surface area contributed by atoms with Crippen LogP contribution in [0.1, 0.15) is 50.8 Å². The standard InChI is InChI=1S/C20H27N3O3S/c1-19(2,3)27(25)23-18-15-13-14(6-8-17(24)21-4)5-7-16(15)26-20(18)9-11-22-12-10-20/h5,7,13,18,22-23H,9-12H2,1-4H3,(H,21,24)/t18-,27-/m1/s1. The Kier molecular flexibility index (Phi) is 5.61. The molecule has 7 heteroatoms. The van der Waals surface area contributed by atoms with Crippen molar-refractivity contribution in [2.45, 2.75) is 50.0 Å². The number of ether oxygens (including phenoxy) is 1. The number of carbonyl (C=O) groups is 1. The summed E-state index contributed by atoms with van der Waals surface area (Å²) in [5.74, 6) is 5.91. The van der Waals surface area contributed by atoms with Gasteiger partial charge >= 0.3 is 0 Å². The molecule has 2 heterocycles. The summed E-state index contributed by atoms with van der Waals surface area (Å²) in [6.45, 7) is 7.57. The summed E-state index contributed by atoms with van der Waals surface area (Å²) < 4.78 is 22.2. The van der Waals surface area contributed by atoms with Gasteiger partial charge in [-0.25, -0.2) is 8.93 Å². The molecule has 2 aliphatic rings. The van der Waals surface area contributed by atoms with Crippen LogP contribution in [0, 0.1) is 11.8 Å². The van der Waals surface area contributed by atoms with Crippen LogP contribution in [-0.4, -0.2) is 40.6 Å². The van der Waals surface area contributed by atoms with E-state index in [1.165, 1.54) is 0 Å². The molecule has 146 valence electrons. The molecule has 1 aromatic rings. The van der Waals surface area contributed by atoms with E-state index in [2.05, 4.69) is 27.2 Å². The van der Waals surface area contributed by atoms with Crippen molar-refractivity contribution in [3.05, 3.63) is 29.3 Å². The van der Waals surface area contributed by atoms with Crippen LogP contribution in [0.15, 0.2) is 18.2 Å². The summed E-state index contributed by atoms with van der Waals surface area (Å²) in [5, 5.41) is 5.86. The van der Waals surface area contributed by atoms with Gasteiger partial charge in [-0.15, -0.1) is 0 Å². The van der Waals surface area contributed by atoms with Crippen LogP contribution in [-0.2, 0) is 15.8 Å². The summed E-state index contributed by atoms with van der Waals surface area (Å²) in [6, 6.07) is 5.51. The minimum absolute atomic E-state index is 0.184. The number of carbonyl (C=O) groups excluding carboxylic acids is 1. The van der Waals surface area contributed by atoms with Crippen molar-refractivity contribution in [1.29, 1.82) is 0 Å². The number of hydrogen-bond acceptors (Lipinski definition) is 4. The second-order valence-corrected chi connectivity index (χ2v) is 9.93. The third-order valence-electron chi connectivity index (χ3n) is 4.94. The fourth-order valence-electron chi connectivity index (χ4n) is 3.39. The number of benzene rings is 1. The number of piperidine rings is 1. The molecule has 1 spiro atoms. The molecule has 27 heavy (non-hydrogen) atoms. The van der Waals surface area contributed by atoms with Crippen LogP contribution < -0.4 is 20.1 Å². The Morgan fingerprint density at radius 1 is 1.33 bits per heavy atom. The van der Waals surface area contributed by atoms with Crippen molar-refractivity contribution in [1.82, 2.24) is 15.4 Å². The van der Waals surface area contributed by atoms with Gasteiger partial charge in [0.25, 0.3) is 5.91 Å². The molecule has 6 nitrogen and oxygen atoms in total. The molecule has 3 N–H and O–H groups in total. The van der Waals surface area contributed by atoms with Gasteiger partial charge in [-0.2, -0.15) is 0 Å². The van der Waals surface area contributed by atoms with Gasteiger partial charge in [0.15, 0.2) is 0 Å². The first-order valence-electron chi connectivity index (χ1n) is 9.21. The normalized spacial score (nSPS) is 21.6. The van der Waals surface area contributed by atoms with Gasteiger partial charge in [0.2, 0.25) is 0 Å². The second kappa shape index (κ2) is 7.63. The predicted molar refractivity (Wildman–Crippen MR) is 107 cm³/mol. The van der Waals surface area contributed by atoms with E-state index in [4.69, 9.17) is 4.74 Å². The Morgan fingerprint density at radius 3 is 2.67 bits per heavy atom. The third-order valence-corrected chi connectivity index (χ3v) is 6.50. The van der Waals surface area contributed by atoms with E-state index in [0.29, 0.717) is 0 Å².